The van der Waals surface area contributed by atoms with E-state index in [-0.39, 0.29) is 0 Å². The molecule has 0 N–H and O–H groups in total. The molecule has 0 atom stereocenters. The van der Waals surface area contributed by atoms with Crippen LogP contribution < -0.4 is 4.90 Å². The van der Waals surface area contributed by atoms with Gasteiger partial charge in [-0.15, -0.1) is 11.6 Å². The number of alkyl halides is 1. The fourth-order valence-corrected chi connectivity index (χ4v) is 1.69. The summed E-state index contributed by atoms with van der Waals surface area (Å²) < 4.78 is 0. The Kier molecular flexibility index (Phi) is 5.32. The largest absolute Gasteiger partial charge is 0.358 e. The van der Waals surface area contributed by atoms with Crippen LogP contribution in [-0.4, -0.2) is 44.1 Å². The third kappa shape index (κ3) is 3.81. The fraction of sp³-hybridized carbons (Fsp3) is 0.545. The van der Waals surface area contributed by atoms with Crippen LogP contribution in [0.4, 0.5) is 5.82 Å². The van der Waals surface area contributed by atoms with Crippen LogP contribution in [-0.2, 0) is 5.88 Å². The van der Waals surface area contributed by atoms with Crippen LogP contribution in [0.5, 0.6) is 0 Å². The van der Waals surface area contributed by atoms with Crippen molar-refractivity contribution in [3.63, 3.8) is 0 Å². The van der Waals surface area contributed by atoms with Gasteiger partial charge in [0.05, 0.1) is 16.6 Å². The first-order chi connectivity index (χ1) is 7.54. The maximum atomic E-state index is 5.95. The summed E-state index contributed by atoms with van der Waals surface area (Å²) in [7, 11) is 6.11. The number of nitrogens with zero attached hydrogens (tertiary/aromatic N) is 3. The van der Waals surface area contributed by atoms with Gasteiger partial charge < -0.3 is 9.80 Å². The molecular formula is C11H17Cl2N3. The second kappa shape index (κ2) is 6.28. The Hall–Kier alpha value is -0.510. The molecule has 0 bridgehead atoms. The van der Waals surface area contributed by atoms with Crippen LogP contribution >= 0.6 is 23.2 Å². The molecule has 90 valence electrons. The van der Waals surface area contributed by atoms with Crippen LogP contribution in [0, 0.1) is 0 Å². The van der Waals surface area contributed by atoms with Gasteiger partial charge in [-0.2, -0.15) is 0 Å². The van der Waals surface area contributed by atoms with E-state index >= 15 is 0 Å². The molecule has 0 spiro atoms. The zero-order valence-electron chi connectivity index (χ0n) is 9.87. The van der Waals surface area contributed by atoms with E-state index in [0.717, 1.165) is 24.6 Å². The van der Waals surface area contributed by atoms with Gasteiger partial charge in [-0.05, 0) is 26.2 Å². The van der Waals surface area contributed by atoms with Gasteiger partial charge >= 0.3 is 0 Å². The maximum absolute atomic E-state index is 5.95. The number of aromatic nitrogens is 1. The Bertz CT molecular complexity index is 342. The highest BCUT2D eigenvalue weighted by Crippen LogP contribution is 2.19. The molecule has 1 aromatic heterocycles. The van der Waals surface area contributed by atoms with E-state index < -0.39 is 0 Å². The molecule has 1 heterocycles. The highest BCUT2D eigenvalue weighted by molar-refractivity contribution is 6.32. The lowest BCUT2D eigenvalue weighted by atomic mass is 10.3. The molecule has 0 saturated heterocycles. The van der Waals surface area contributed by atoms with Gasteiger partial charge in [-0.3, -0.25) is 0 Å². The SMILES string of the molecule is CN(C)CCN(C)c1ccc(Cl)c(CCl)n1. The molecule has 3 nitrogen and oxygen atoms in total. The van der Waals surface area contributed by atoms with Gasteiger partial charge in [0, 0.05) is 20.1 Å². The minimum absolute atomic E-state index is 0.341. The fourth-order valence-electron chi connectivity index (χ4n) is 1.24. The van der Waals surface area contributed by atoms with Crippen molar-refractivity contribution in [1.82, 2.24) is 9.88 Å². The lowest BCUT2D eigenvalue weighted by Gasteiger charge is -2.21. The lowest BCUT2D eigenvalue weighted by Crippen LogP contribution is -2.29. The molecule has 0 amide bonds. The molecule has 1 aromatic rings. The van der Waals surface area contributed by atoms with Crippen LogP contribution in [0.25, 0.3) is 0 Å². The first kappa shape index (κ1) is 13.6. The molecule has 0 aliphatic carbocycles. The molecule has 0 aliphatic rings. The summed E-state index contributed by atoms with van der Waals surface area (Å²) in [6.45, 7) is 1.90. The first-order valence-electron chi connectivity index (χ1n) is 5.12. The summed E-state index contributed by atoms with van der Waals surface area (Å²) in [5.74, 6) is 1.25. The number of halogens is 2. The van der Waals surface area contributed by atoms with Crippen molar-refractivity contribution in [1.29, 1.82) is 0 Å². The highest BCUT2D eigenvalue weighted by atomic mass is 35.5. The van der Waals surface area contributed by atoms with Crippen LogP contribution in [0.2, 0.25) is 5.02 Å². The summed E-state index contributed by atoms with van der Waals surface area (Å²) in [5.41, 5.74) is 0.734. The molecule has 16 heavy (non-hydrogen) atoms. The average molecular weight is 262 g/mol. The van der Waals surface area contributed by atoms with Crippen LogP contribution in [0.15, 0.2) is 12.1 Å². The monoisotopic (exact) mass is 261 g/mol. The number of hydrogen-bond donors (Lipinski definition) is 0. The van der Waals surface area contributed by atoms with Crippen molar-refractivity contribution in [2.75, 3.05) is 39.1 Å². The zero-order valence-corrected chi connectivity index (χ0v) is 11.4. The van der Waals surface area contributed by atoms with Crippen molar-refractivity contribution < 1.29 is 0 Å². The smallest absolute Gasteiger partial charge is 0.128 e. The minimum Gasteiger partial charge on any atom is -0.358 e. The van der Waals surface area contributed by atoms with Crippen molar-refractivity contribution in [3.05, 3.63) is 22.8 Å². The van der Waals surface area contributed by atoms with Crippen molar-refractivity contribution in [2.45, 2.75) is 5.88 Å². The van der Waals surface area contributed by atoms with Crippen molar-refractivity contribution in [3.8, 4) is 0 Å². The predicted molar refractivity (Wildman–Crippen MR) is 70.6 cm³/mol. The maximum Gasteiger partial charge on any atom is 0.128 e. The third-order valence-corrected chi connectivity index (χ3v) is 2.90. The highest BCUT2D eigenvalue weighted by Gasteiger charge is 2.06. The van der Waals surface area contributed by atoms with E-state index in [0.29, 0.717) is 10.9 Å². The van der Waals surface area contributed by atoms with Crippen molar-refractivity contribution >= 4 is 29.0 Å². The summed E-state index contributed by atoms with van der Waals surface area (Å²) in [5, 5.41) is 0.625. The van der Waals surface area contributed by atoms with Gasteiger partial charge in [0.2, 0.25) is 0 Å². The van der Waals surface area contributed by atoms with Gasteiger partial charge in [0.15, 0.2) is 0 Å². The molecule has 0 saturated carbocycles. The van der Waals surface area contributed by atoms with Crippen LogP contribution in [0.1, 0.15) is 5.69 Å². The average Bonchev–Trinajstić information content (AvgIpc) is 2.26. The Morgan fingerprint density at radius 2 is 1.88 bits per heavy atom. The lowest BCUT2D eigenvalue weighted by molar-refractivity contribution is 0.416. The van der Waals surface area contributed by atoms with Crippen molar-refractivity contribution in [2.24, 2.45) is 0 Å². The van der Waals surface area contributed by atoms with E-state index in [9.17, 15) is 0 Å². The molecule has 0 aliphatic heterocycles. The zero-order chi connectivity index (χ0) is 12.1. The Balaban J connectivity index is 2.72. The number of pyridine rings is 1. The van der Waals surface area contributed by atoms with Gasteiger partial charge in [0.1, 0.15) is 5.82 Å². The Morgan fingerprint density at radius 3 is 2.44 bits per heavy atom. The van der Waals surface area contributed by atoms with E-state index in [4.69, 9.17) is 23.2 Å². The van der Waals surface area contributed by atoms with E-state index in [2.05, 4.69) is 14.8 Å². The van der Waals surface area contributed by atoms with E-state index in [1.807, 2.05) is 33.3 Å². The normalized spacial score (nSPS) is 10.9. The Morgan fingerprint density at radius 1 is 1.19 bits per heavy atom. The molecule has 5 heteroatoms. The Labute approximate surface area is 107 Å². The minimum atomic E-state index is 0.341. The van der Waals surface area contributed by atoms with Gasteiger partial charge in [-0.1, -0.05) is 11.6 Å². The van der Waals surface area contributed by atoms with Crippen LogP contribution in [0.3, 0.4) is 0 Å². The molecule has 0 fully saturated rings. The van der Waals surface area contributed by atoms with E-state index in [1.165, 1.54) is 0 Å². The van der Waals surface area contributed by atoms with Gasteiger partial charge in [-0.25, -0.2) is 4.98 Å². The molecule has 0 radical (unpaired) electrons. The number of hydrogen-bond acceptors (Lipinski definition) is 3. The number of likely N-dealkylation sites (N-methyl/N-ethyl adjacent to an activating group) is 2. The summed E-state index contributed by atoms with van der Waals surface area (Å²) in [4.78, 5) is 8.64. The van der Waals surface area contributed by atoms with Gasteiger partial charge in [0.25, 0.3) is 0 Å². The summed E-state index contributed by atoms with van der Waals surface area (Å²) in [6, 6.07) is 3.75. The molecule has 0 unspecified atom stereocenters. The number of anilines is 1. The van der Waals surface area contributed by atoms with E-state index in [1.54, 1.807) is 0 Å². The second-order valence-electron chi connectivity index (χ2n) is 3.96. The molecular weight excluding hydrogens is 245 g/mol. The molecule has 0 aromatic carbocycles. The molecule has 1 rings (SSSR count). The number of rotatable bonds is 5. The summed E-state index contributed by atoms with van der Waals surface area (Å²) in [6.07, 6.45) is 0. The predicted octanol–water partition coefficient (Wildman–Crippen LogP) is 2.47. The standard InChI is InChI=1S/C11H17Cl2N3/c1-15(2)6-7-16(3)11-5-4-9(13)10(8-12)14-11/h4-5H,6-8H2,1-3H3. The third-order valence-electron chi connectivity index (χ3n) is 2.30. The topological polar surface area (TPSA) is 19.4 Å². The summed E-state index contributed by atoms with van der Waals surface area (Å²) >= 11 is 11.7. The second-order valence-corrected chi connectivity index (χ2v) is 4.63. The quantitative estimate of drug-likeness (QED) is 0.760. The first-order valence-corrected chi connectivity index (χ1v) is 6.03.